The van der Waals surface area contributed by atoms with E-state index in [1.807, 2.05) is 30.5 Å². The van der Waals surface area contributed by atoms with Gasteiger partial charge in [-0.1, -0.05) is 60.9 Å². The molecule has 4 aromatic rings. The van der Waals surface area contributed by atoms with Crippen LogP contribution >= 0.6 is 35.0 Å². The predicted molar refractivity (Wildman–Crippen MR) is 150 cm³/mol. The van der Waals surface area contributed by atoms with E-state index in [-0.39, 0.29) is 11.6 Å². The number of aliphatic carboxylic acids is 1. The minimum absolute atomic E-state index is 0.149. The van der Waals surface area contributed by atoms with E-state index in [0.29, 0.717) is 32.2 Å². The number of carboxylic acids is 1. The lowest BCUT2D eigenvalue weighted by molar-refractivity contribution is -0.152. The second-order valence-electron chi connectivity index (χ2n) is 9.96. The molecule has 1 heterocycles. The van der Waals surface area contributed by atoms with Gasteiger partial charge in [0.15, 0.2) is 22.3 Å². The van der Waals surface area contributed by atoms with Crippen LogP contribution in [0.3, 0.4) is 0 Å². The number of carboxylic acid groups (broad SMARTS) is 1. The number of hydrogen-bond acceptors (Lipinski definition) is 4. The van der Waals surface area contributed by atoms with Crippen LogP contribution in [0.4, 0.5) is 8.78 Å². The van der Waals surface area contributed by atoms with E-state index in [0.717, 1.165) is 11.3 Å². The predicted octanol–water partition coefficient (Wildman–Crippen LogP) is 8.32. The molecule has 0 aliphatic carbocycles. The molecule has 0 atom stereocenters. The fourth-order valence-corrected chi connectivity index (χ4v) is 5.17. The molecule has 0 radical (unpaired) electrons. The monoisotopic (exact) mass is 590 g/mol. The maximum atomic E-state index is 14.4. The van der Waals surface area contributed by atoms with E-state index in [1.165, 1.54) is 49.9 Å². The highest BCUT2D eigenvalue weighted by Gasteiger charge is 2.31. The molecule has 0 unspecified atom stereocenters. The smallest absolute Gasteiger partial charge is 0.347 e. The molecule has 0 saturated carbocycles. The number of benzene rings is 3. The first kappa shape index (κ1) is 28.9. The fourth-order valence-electron chi connectivity index (χ4n) is 3.93. The number of hydrogen-bond donors (Lipinski definition) is 1. The Hall–Kier alpha value is -3.07. The topological polar surface area (TPSA) is 64.4 Å². The van der Waals surface area contributed by atoms with E-state index in [2.05, 4.69) is 4.98 Å². The van der Waals surface area contributed by atoms with Gasteiger partial charge in [0.2, 0.25) is 0 Å². The molecule has 1 N–H and O–H groups in total. The van der Waals surface area contributed by atoms with Crippen molar-refractivity contribution >= 4 is 40.9 Å². The van der Waals surface area contributed by atoms with Crippen molar-refractivity contribution in [3.63, 3.8) is 0 Å². The molecule has 204 valence electrons. The van der Waals surface area contributed by atoms with Crippen molar-refractivity contribution in [1.82, 2.24) is 9.55 Å². The molecule has 0 fully saturated rings. The maximum absolute atomic E-state index is 14.4. The van der Waals surface area contributed by atoms with Crippen LogP contribution in [0, 0.1) is 11.6 Å². The lowest BCUT2D eigenvalue weighted by atomic mass is 9.81. The first-order chi connectivity index (χ1) is 18.3. The highest BCUT2D eigenvalue weighted by atomic mass is 35.5. The largest absolute Gasteiger partial charge is 0.478 e. The summed E-state index contributed by atoms with van der Waals surface area (Å²) >= 11 is 13.9. The number of halogens is 4. The molecule has 0 spiro atoms. The molecule has 0 amide bonds. The van der Waals surface area contributed by atoms with Crippen LogP contribution in [0.2, 0.25) is 10.0 Å². The molecular weight excluding hydrogens is 565 g/mol. The van der Waals surface area contributed by atoms with Gasteiger partial charge in [0, 0.05) is 16.9 Å². The zero-order valence-electron chi connectivity index (χ0n) is 21.6. The molecule has 39 heavy (non-hydrogen) atoms. The lowest BCUT2D eigenvalue weighted by Crippen LogP contribution is -2.38. The Morgan fingerprint density at radius 1 is 1.00 bits per heavy atom. The van der Waals surface area contributed by atoms with Crippen LogP contribution in [0.1, 0.15) is 44.5 Å². The molecule has 0 saturated heterocycles. The Morgan fingerprint density at radius 2 is 1.69 bits per heavy atom. The molecule has 5 nitrogen and oxygen atoms in total. The summed E-state index contributed by atoms with van der Waals surface area (Å²) in [6, 6.07) is 15.9. The van der Waals surface area contributed by atoms with Crippen LogP contribution in [0.25, 0.3) is 5.69 Å². The van der Waals surface area contributed by atoms with Crippen molar-refractivity contribution < 1.29 is 23.4 Å². The minimum atomic E-state index is -1.60. The van der Waals surface area contributed by atoms with Gasteiger partial charge in [-0.2, -0.15) is 0 Å². The van der Waals surface area contributed by atoms with Crippen molar-refractivity contribution in [3.8, 4) is 11.4 Å². The second-order valence-corrected chi connectivity index (χ2v) is 11.7. The minimum Gasteiger partial charge on any atom is -0.478 e. The summed E-state index contributed by atoms with van der Waals surface area (Å²) in [5.74, 6) is -1.99. The third-order valence-corrected chi connectivity index (χ3v) is 8.10. The quantitative estimate of drug-likeness (QED) is 0.198. The van der Waals surface area contributed by atoms with Gasteiger partial charge in [0.05, 0.1) is 21.9 Å². The van der Waals surface area contributed by atoms with E-state index < -0.39 is 22.8 Å². The van der Waals surface area contributed by atoms with Gasteiger partial charge in [-0.05, 0) is 73.5 Å². The van der Waals surface area contributed by atoms with Gasteiger partial charge in [0.1, 0.15) is 5.82 Å². The van der Waals surface area contributed by atoms with E-state index >= 15 is 0 Å². The van der Waals surface area contributed by atoms with Crippen LogP contribution < -0.4 is 4.74 Å². The van der Waals surface area contributed by atoms with E-state index in [9.17, 15) is 18.7 Å². The highest BCUT2D eigenvalue weighted by molar-refractivity contribution is 7.98. The summed E-state index contributed by atoms with van der Waals surface area (Å²) in [7, 11) is 0. The lowest BCUT2D eigenvalue weighted by Gasteiger charge is -2.28. The number of nitrogens with zero attached hydrogens (tertiary/aromatic N) is 2. The Kier molecular flexibility index (Phi) is 8.30. The van der Waals surface area contributed by atoms with Gasteiger partial charge < -0.3 is 9.84 Å². The summed E-state index contributed by atoms with van der Waals surface area (Å²) in [5.41, 5.74) is 1.01. The van der Waals surface area contributed by atoms with Crippen molar-refractivity contribution in [2.24, 2.45) is 0 Å². The van der Waals surface area contributed by atoms with Crippen LogP contribution in [0.15, 0.2) is 72.0 Å². The zero-order valence-corrected chi connectivity index (χ0v) is 24.0. The SMILES string of the molecule is CC(C)(Oc1cc(CSc2ncc(C(C)(C)c3ccc(Cl)c(Cl)c3)n2-c2ccc(F)cc2)ccc1F)C(=O)O. The summed E-state index contributed by atoms with van der Waals surface area (Å²) in [6.07, 6.45) is 1.77. The molecular formula is C29H26Cl2F2N2O3S. The van der Waals surface area contributed by atoms with Gasteiger partial charge >= 0.3 is 5.97 Å². The van der Waals surface area contributed by atoms with Crippen molar-refractivity contribution in [3.05, 3.63) is 105 Å². The molecule has 10 heteroatoms. The number of carbonyl (C=O) groups is 1. The third-order valence-electron chi connectivity index (χ3n) is 6.34. The Bertz CT molecular complexity index is 1520. The zero-order chi connectivity index (χ0) is 28.5. The van der Waals surface area contributed by atoms with E-state index in [4.69, 9.17) is 27.9 Å². The summed E-state index contributed by atoms with van der Waals surface area (Å²) < 4.78 is 35.6. The molecule has 4 rings (SSSR count). The summed E-state index contributed by atoms with van der Waals surface area (Å²) in [4.78, 5) is 16.1. The number of imidazole rings is 1. The van der Waals surface area contributed by atoms with Gasteiger partial charge in [0.25, 0.3) is 0 Å². The number of rotatable bonds is 9. The standard InChI is InChI=1S/C29H26Cl2F2N2O3S/c1-28(2,18-6-11-21(30)22(31)14-18)25-15-34-27(35(25)20-9-7-19(32)8-10-20)39-16-17-5-12-23(33)24(13-17)38-29(3,4)26(36)37/h5-15H,16H2,1-4H3,(H,36,37). The average molecular weight is 592 g/mol. The molecule has 3 aromatic carbocycles. The third kappa shape index (κ3) is 6.24. The van der Waals surface area contributed by atoms with Crippen LogP contribution in [-0.4, -0.2) is 26.2 Å². The van der Waals surface area contributed by atoms with Gasteiger partial charge in [-0.3, -0.25) is 4.57 Å². The summed E-state index contributed by atoms with van der Waals surface area (Å²) in [5, 5.41) is 10.9. The van der Waals surface area contributed by atoms with Crippen LogP contribution in [0.5, 0.6) is 5.75 Å². The Morgan fingerprint density at radius 3 is 2.33 bits per heavy atom. The maximum Gasteiger partial charge on any atom is 0.347 e. The molecule has 0 bridgehead atoms. The average Bonchev–Trinajstić information content (AvgIpc) is 3.31. The Balaban J connectivity index is 1.70. The van der Waals surface area contributed by atoms with Crippen molar-refractivity contribution in [2.45, 2.75) is 49.6 Å². The molecule has 0 aliphatic rings. The first-order valence-electron chi connectivity index (χ1n) is 11.9. The molecule has 1 aromatic heterocycles. The van der Waals surface area contributed by atoms with Crippen LogP contribution in [-0.2, 0) is 16.0 Å². The second kappa shape index (κ2) is 11.2. The highest BCUT2D eigenvalue weighted by Crippen LogP contribution is 2.39. The number of ether oxygens (including phenoxy) is 1. The van der Waals surface area contributed by atoms with E-state index in [1.54, 1.807) is 30.5 Å². The fraction of sp³-hybridized carbons (Fsp3) is 0.241. The normalized spacial score (nSPS) is 12.0. The van der Waals surface area contributed by atoms with Gasteiger partial charge in [-0.15, -0.1) is 0 Å². The number of thioether (sulfide) groups is 1. The van der Waals surface area contributed by atoms with Crippen molar-refractivity contribution in [2.75, 3.05) is 0 Å². The summed E-state index contributed by atoms with van der Waals surface area (Å²) in [6.45, 7) is 6.78. The Labute approximate surface area is 239 Å². The van der Waals surface area contributed by atoms with Gasteiger partial charge in [-0.25, -0.2) is 18.6 Å². The van der Waals surface area contributed by atoms with Crippen molar-refractivity contribution in [1.29, 1.82) is 0 Å². The number of aromatic nitrogens is 2. The molecule has 0 aliphatic heterocycles. The first-order valence-corrected chi connectivity index (χ1v) is 13.7.